The molecular weight excluding hydrogens is 330 g/mol. The molecular formula is C20H23N3O3. The molecule has 1 atom stereocenters. The van der Waals surface area contributed by atoms with Crippen LogP contribution in [0, 0.1) is 0 Å². The van der Waals surface area contributed by atoms with Gasteiger partial charge in [0, 0.05) is 38.1 Å². The van der Waals surface area contributed by atoms with Crippen LogP contribution in [0.2, 0.25) is 0 Å². The Morgan fingerprint density at radius 2 is 2.15 bits per heavy atom. The number of carbonyl (C=O) groups excluding carboxylic acids is 2. The molecule has 1 aliphatic heterocycles. The second kappa shape index (κ2) is 7.56. The zero-order valence-corrected chi connectivity index (χ0v) is 14.9. The van der Waals surface area contributed by atoms with Crippen LogP contribution in [0.4, 0.5) is 0 Å². The normalized spacial score (nSPS) is 19.3. The van der Waals surface area contributed by atoms with Gasteiger partial charge in [-0.15, -0.1) is 6.58 Å². The van der Waals surface area contributed by atoms with E-state index in [9.17, 15) is 9.59 Å². The van der Waals surface area contributed by atoms with Crippen LogP contribution in [-0.4, -0.2) is 40.5 Å². The first-order chi connectivity index (χ1) is 12.6. The van der Waals surface area contributed by atoms with Gasteiger partial charge in [0.2, 0.25) is 11.8 Å². The minimum atomic E-state index is -0.942. The van der Waals surface area contributed by atoms with Gasteiger partial charge in [-0.1, -0.05) is 41.6 Å². The molecule has 2 heterocycles. The van der Waals surface area contributed by atoms with Crippen molar-refractivity contribution in [1.29, 1.82) is 0 Å². The maximum Gasteiger partial charge on any atom is 0.246 e. The number of aromatic nitrogens is 1. The van der Waals surface area contributed by atoms with Gasteiger partial charge in [0.1, 0.15) is 17.0 Å². The van der Waals surface area contributed by atoms with E-state index in [1.165, 1.54) is 6.92 Å². The summed E-state index contributed by atoms with van der Waals surface area (Å²) in [5.74, 6) is 0.299. The summed E-state index contributed by atoms with van der Waals surface area (Å²) in [4.78, 5) is 26.7. The average molecular weight is 353 g/mol. The van der Waals surface area contributed by atoms with Crippen molar-refractivity contribution in [3.05, 3.63) is 54.8 Å². The molecule has 0 unspecified atom stereocenters. The molecule has 0 bridgehead atoms. The van der Waals surface area contributed by atoms with Gasteiger partial charge in [0.15, 0.2) is 0 Å². The summed E-state index contributed by atoms with van der Waals surface area (Å²) in [5.41, 5.74) is 0.722. The van der Waals surface area contributed by atoms with Gasteiger partial charge in [-0.3, -0.25) is 9.59 Å². The average Bonchev–Trinajstić information content (AvgIpc) is 3.28. The highest BCUT2D eigenvalue weighted by atomic mass is 16.5. The first-order valence-electron chi connectivity index (χ1n) is 8.75. The summed E-state index contributed by atoms with van der Waals surface area (Å²) in [6.45, 7) is 6.06. The zero-order valence-electron chi connectivity index (χ0n) is 14.9. The van der Waals surface area contributed by atoms with E-state index in [0.717, 1.165) is 17.7 Å². The lowest BCUT2D eigenvalue weighted by molar-refractivity contribution is -0.143. The van der Waals surface area contributed by atoms with Crippen LogP contribution in [-0.2, 0) is 16.0 Å². The van der Waals surface area contributed by atoms with Crippen molar-refractivity contribution in [1.82, 2.24) is 15.4 Å². The molecule has 1 fully saturated rings. The van der Waals surface area contributed by atoms with Crippen molar-refractivity contribution >= 4 is 11.8 Å². The highest BCUT2D eigenvalue weighted by molar-refractivity contribution is 5.92. The minimum absolute atomic E-state index is 0.112. The van der Waals surface area contributed by atoms with E-state index in [-0.39, 0.29) is 11.8 Å². The topological polar surface area (TPSA) is 75.4 Å². The maximum atomic E-state index is 12.9. The van der Waals surface area contributed by atoms with E-state index in [1.807, 2.05) is 36.4 Å². The molecule has 1 aliphatic rings. The smallest absolute Gasteiger partial charge is 0.246 e. The van der Waals surface area contributed by atoms with Crippen LogP contribution in [0.15, 0.2) is 53.6 Å². The SMILES string of the molecule is C=CCNC(=O)[C@]1(Cc2cc(-c3ccccc3)no2)CCCN1C(C)=O. The van der Waals surface area contributed by atoms with Gasteiger partial charge in [-0.05, 0) is 12.8 Å². The Morgan fingerprint density at radius 3 is 2.85 bits per heavy atom. The number of hydrogen-bond donors (Lipinski definition) is 1. The second-order valence-corrected chi connectivity index (χ2v) is 6.53. The molecule has 6 heteroatoms. The fraction of sp³-hybridized carbons (Fsp3) is 0.350. The Kier molecular flexibility index (Phi) is 5.21. The van der Waals surface area contributed by atoms with Crippen LogP contribution in [0.5, 0.6) is 0 Å². The van der Waals surface area contributed by atoms with E-state index >= 15 is 0 Å². The molecule has 2 aromatic rings. The summed E-state index contributed by atoms with van der Waals surface area (Å²) in [6, 6.07) is 11.5. The van der Waals surface area contributed by atoms with Gasteiger partial charge in [-0.2, -0.15) is 0 Å². The molecule has 1 N–H and O–H groups in total. The number of rotatable bonds is 6. The van der Waals surface area contributed by atoms with E-state index < -0.39 is 5.54 Å². The largest absolute Gasteiger partial charge is 0.361 e. The Morgan fingerprint density at radius 1 is 1.38 bits per heavy atom. The fourth-order valence-corrected chi connectivity index (χ4v) is 3.60. The molecule has 0 saturated carbocycles. The van der Waals surface area contributed by atoms with E-state index in [0.29, 0.717) is 31.7 Å². The van der Waals surface area contributed by atoms with Crippen LogP contribution < -0.4 is 5.32 Å². The number of carbonyl (C=O) groups is 2. The number of nitrogens with one attached hydrogen (secondary N) is 1. The van der Waals surface area contributed by atoms with Gasteiger partial charge < -0.3 is 14.7 Å². The standard InChI is InChI=1S/C20H23N3O3/c1-3-11-21-19(25)20(10-7-12-23(20)15(2)24)14-17-13-18(22-26-17)16-8-5-4-6-9-16/h3-6,8-9,13H,1,7,10-12,14H2,2H3,(H,21,25)/t20-/m1/s1. The third kappa shape index (κ3) is 3.40. The van der Waals surface area contributed by atoms with Gasteiger partial charge in [0.05, 0.1) is 0 Å². The van der Waals surface area contributed by atoms with Crippen LogP contribution >= 0.6 is 0 Å². The number of benzene rings is 1. The van der Waals surface area contributed by atoms with Gasteiger partial charge in [0.25, 0.3) is 0 Å². The highest BCUT2D eigenvalue weighted by Gasteiger charge is 2.49. The summed E-state index contributed by atoms with van der Waals surface area (Å²) in [6.07, 6.45) is 3.30. The summed E-state index contributed by atoms with van der Waals surface area (Å²) >= 11 is 0. The molecule has 136 valence electrons. The third-order valence-electron chi connectivity index (χ3n) is 4.79. The monoisotopic (exact) mass is 353 g/mol. The second-order valence-electron chi connectivity index (χ2n) is 6.53. The molecule has 6 nitrogen and oxygen atoms in total. The first kappa shape index (κ1) is 17.9. The Labute approximate surface area is 152 Å². The molecule has 1 saturated heterocycles. The Balaban J connectivity index is 1.89. The summed E-state index contributed by atoms with van der Waals surface area (Å²) < 4.78 is 5.50. The van der Waals surface area contributed by atoms with Gasteiger partial charge >= 0.3 is 0 Å². The summed E-state index contributed by atoms with van der Waals surface area (Å²) in [5, 5.41) is 6.97. The fourth-order valence-electron chi connectivity index (χ4n) is 3.60. The molecule has 0 radical (unpaired) electrons. The number of nitrogens with zero attached hydrogens (tertiary/aromatic N) is 2. The molecule has 3 rings (SSSR count). The highest BCUT2D eigenvalue weighted by Crippen LogP contribution is 2.34. The van der Waals surface area contributed by atoms with E-state index in [1.54, 1.807) is 11.0 Å². The van der Waals surface area contributed by atoms with Crippen LogP contribution in [0.25, 0.3) is 11.3 Å². The van der Waals surface area contributed by atoms with Crippen LogP contribution in [0.3, 0.4) is 0 Å². The van der Waals surface area contributed by atoms with Crippen molar-refractivity contribution in [3.63, 3.8) is 0 Å². The van der Waals surface area contributed by atoms with Crippen molar-refractivity contribution < 1.29 is 14.1 Å². The third-order valence-corrected chi connectivity index (χ3v) is 4.79. The Bertz CT molecular complexity index is 800. The van der Waals surface area contributed by atoms with Crippen molar-refractivity contribution in [2.75, 3.05) is 13.1 Å². The zero-order chi connectivity index (χ0) is 18.6. The molecule has 2 amide bonds. The van der Waals surface area contributed by atoms with Crippen molar-refractivity contribution in [2.24, 2.45) is 0 Å². The molecule has 1 aromatic heterocycles. The molecule has 26 heavy (non-hydrogen) atoms. The Hall–Kier alpha value is -2.89. The van der Waals surface area contributed by atoms with Gasteiger partial charge in [-0.25, -0.2) is 0 Å². The summed E-state index contributed by atoms with van der Waals surface area (Å²) in [7, 11) is 0. The predicted octanol–water partition coefficient (Wildman–Crippen LogP) is 2.57. The number of hydrogen-bond acceptors (Lipinski definition) is 4. The van der Waals surface area contributed by atoms with Crippen LogP contribution in [0.1, 0.15) is 25.5 Å². The first-order valence-corrected chi connectivity index (χ1v) is 8.75. The minimum Gasteiger partial charge on any atom is -0.361 e. The maximum absolute atomic E-state index is 12.9. The van der Waals surface area contributed by atoms with Crippen molar-refractivity contribution in [3.8, 4) is 11.3 Å². The molecule has 1 aromatic carbocycles. The lowest BCUT2D eigenvalue weighted by Crippen LogP contribution is -2.58. The number of amides is 2. The lowest BCUT2D eigenvalue weighted by Gasteiger charge is -2.35. The van der Waals surface area contributed by atoms with E-state index in [2.05, 4.69) is 17.1 Å². The quantitative estimate of drug-likeness (QED) is 0.810. The number of likely N-dealkylation sites (tertiary alicyclic amines) is 1. The molecule has 0 aliphatic carbocycles. The van der Waals surface area contributed by atoms with Crippen molar-refractivity contribution in [2.45, 2.75) is 31.7 Å². The predicted molar refractivity (Wildman–Crippen MR) is 98.2 cm³/mol. The lowest BCUT2D eigenvalue weighted by atomic mass is 9.89. The molecule has 0 spiro atoms. The van der Waals surface area contributed by atoms with E-state index in [4.69, 9.17) is 4.52 Å².